The van der Waals surface area contributed by atoms with Gasteiger partial charge in [-0.2, -0.15) is 0 Å². The Labute approximate surface area is 150 Å². The van der Waals surface area contributed by atoms with Crippen molar-refractivity contribution >= 4 is 5.78 Å². The van der Waals surface area contributed by atoms with Gasteiger partial charge in [-0.25, -0.2) is 8.78 Å². The Morgan fingerprint density at radius 3 is 2.31 bits per heavy atom. The first-order valence-electron chi connectivity index (χ1n) is 8.67. The lowest BCUT2D eigenvalue weighted by molar-refractivity contribution is -0.412. The number of hydrogen-bond acceptors (Lipinski definition) is 8. The van der Waals surface area contributed by atoms with Gasteiger partial charge < -0.3 is 36.0 Å². The molecule has 7 N–H and O–H groups in total. The van der Waals surface area contributed by atoms with E-state index >= 15 is 0 Å². The molecule has 1 aliphatic rings. The molecular weight excluding hydrogens is 356 g/mol. The molecule has 1 rings (SSSR count). The summed E-state index contributed by atoms with van der Waals surface area (Å²) < 4.78 is 33.5. The number of carbonyl (C=O) groups is 1. The van der Waals surface area contributed by atoms with Crippen molar-refractivity contribution in [2.24, 2.45) is 5.73 Å². The van der Waals surface area contributed by atoms with Crippen LogP contribution in [-0.4, -0.2) is 80.1 Å². The molecule has 0 saturated carbocycles. The smallest absolute Gasteiger partial charge is 0.303 e. The summed E-state index contributed by atoms with van der Waals surface area (Å²) in [6.07, 6.45) is -6.86. The maximum Gasteiger partial charge on any atom is 0.303 e. The molecule has 6 atom stereocenters. The van der Waals surface area contributed by atoms with E-state index in [9.17, 15) is 34.0 Å². The van der Waals surface area contributed by atoms with Crippen LogP contribution in [0.3, 0.4) is 0 Å². The highest BCUT2D eigenvalue weighted by Gasteiger charge is 2.65. The number of unbranched alkanes of at least 4 members (excludes halogenated alkanes) is 3. The van der Waals surface area contributed by atoms with Gasteiger partial charge >= 0.3 is 5.92 Å². The number of carbonyl (C=O) groups excluding carboxylic acids is 1. The van der Waals surface area contributed by atoms with Crippen molar-refractivity contribution in [2.45, 2.75) is 87.6 Å². The van der Waals surface area contributed by atoms with Crippen LogP contribution in [0, 0.1) is 0 Å². The SMILES string of the molecule is CC(=O)[C@@H](N)CCCCCCC(F)(F)C1(O)O[C@H](CO)[C@H](O)[C@H](O)[C@H]1O. The zero-order chi connectivity index (χ0) is 20.1. The zero-order valence-electron chi connectivity index (χ0n) is 14.7. The number of ether oxygens (including phenoxy) is 1. The maximum atomic E-state index is 14.4. The third kappa shape index (κ3) is 5.16. The number of halogens is 2. The fourth-order valence-electron chi connectivity index (χ4n) is 2.90. The molecule has 26 heavy (non-hydrogen) atoms. The molecule has 0 amide bonds. The molecule has 0 radical (unpaired) electrons. The first-order chi connectivity index (χ1) is 12.0. The largest absolute Gasteiger partial charge is 0.394 e. The van der Waals surface area contributed by atoms with E-state index in [-0.39, 0.29) is 12.2 Å². The minimum absolute atomic E-state index is 0.0108. The van der Waals surface area contributed by atoms with Gasteiger partial charge in [0.05, 0.1) is 12.6 Å². The summed E-state index contributed by atoms with van der Waals surface area (Å²) >= 11 is 0. The quantitative estimate of drug-likeness (QED) is 0.263. The third-order valence-electron chi connectivity index (χ3n) is 4.77. The molecule has 0 aromatic carbocycles. The van der Waals surface area contributed by atoms with Crippen LogP contribution in [0.4, 0.5) is 8.78 Å². The van der Waals surface area contributed by atoms with E-state index < -0.39 is 55.2 Å². The molecule has 1 saturated heterocycles. The van der Waals surface area contributed by atoms with Gasteiger partial charge in [0, 0.05) is 6.42 Å². The Balaban J connectivity index is 2.56. The topological polar surface area (TPSA) is 153 Å². The van der Waals surface area contributed by atoms with Crippen molar-refractivity contribution < 1.29 is 43.8 Å². The van der Waals surface area contributed by atoms with Gasteiger partial charge in [0.1, 0.15) is 30.2 Å². The van der Waals surface area contributed by atoms with Gasteiger partial charge in [0.2, 0.25) is 0 Å². The second-order valence-corrected chi connectivity index (χ2v) is 6.84. The van der Waals surface area contributed by atoms with Crippen molar-refractivity contribution in [3.05, 3.63) is 0 Å². The maximum absolute atomic E-state index is 14.4. The summed E-state index contributed by atoms with van der Waals surface area (Å²) in [5.74, 6) is -7.48. The molecule has 1 fully saturated rings. The van der Waals surface area contributed by atoms with Crippen LogP contribution in [-0.2, 0) is 9.53 Å². The molecule has 1 unspecified atom stereocenters. The first-order valence-corrected chi connectivity index (χ1v) is 8.67. The molecule has 0 aromatic rings. The first kappa shape index (κ1) is 23.3. The molecule has 1 heterocycles. The molecule has 0 spiro atoms. The predicted octanol–water partition coefficient (Wildman–Crippen LogP) is -0.959. The Morgan fingerprint density at radius 1 is 1.19 bits per heavy atom. The summed E-state index contributed by atoms with van der Waals surface area (Å²) in [5, 5.41) is 48.2. The molecule has 0 aromatic heterocycles. The van der Waals surface area contributed by atoms with Crippen LogP contribution >= 0.6 is 0 Å². The van der Waals surface area contributed by atoms with Gasteiger partial charge in [-0.1, -0.05) is 19.3 Å². The van der Waals surface area contributed by atoms with Crippen molar-refractivity contribution in [1.29, 1.82) is 0 Å². The summed E-state index contributed by atoms with van der Waals surface area (Å²) in [7, 11) is 0. The summed E-state index contributed by atoms with van der Waals surface area (Å²) in [4.78, 5) is 11.0. The number of Topliss-reactive ketones (excluding diaryl/α,β-unsaturated/α-hetero) is 1. The number of rotatable bonds is 10. The van der Waals surface area contributed by atoms with E-state index in [0.717, 1.165) is 0 Å². The molecule has 8 nitrogen and oxygen atoms in total. The fraction of sp³-hybridized carbons (Fsp3) is 0.938. The minimum Gasteiger partial charge on any atom is -0.394 e. The summed E-state index contributed by atoms with van der Waals surface area (Å²) in [6, 6.07) is -0.564. The Hall–Kier alpha value is -0.750. The molecule has 0 aliphatic carbocycles. The highest BCUT2D eigenvalue weighted by atomic mass is 19.3. The molecular formula is C16H29F2NO7. The minimum atomic E-state index is -3.92. The van der Waals surface area contributed by atoms with E-state index in [4.69, 9.17) is 10.8 Å². The van der Waals surface area contributed by atoms with Crippen molar-refractivity contribution in [3.63, 3.8) is 0 Å². The van der Waals surface area contributed by atoms with Crippen LogP contribution in [0.2, 0.25) is 0 Å². The van der Waals surface area contributed by atoms with Gasteiger partial charge in [-0.3, -0.25) is 4.79 Å². The van der Waals surface area contributed by atoms with Crippen LogP contribution in [0.5, 0.6) is 0 Å². The van der Waals surface area contributed by atoms with E-state index in [0.29, 0.717) is 25.7 Å². The Kier molecular flexibility index (Phi) is 8.46. The van der Waals surface area contributed by atoms with Gasteiger partial charge in [0.15, 0.2) is 0 Å². The fourth-order valence-corrected chi connectivity index (χ4v) is 2.90. The second kappa shape index (κ2) is 9.45. The van der Waals surface area contributed by atoms with Crippen LogP contribution < -0.4 is 5.73 Å². The van der Waals surface area contributed by atoms with E-state index in [1.807, 2.05) is 0 Å². The summed E-state index contributed by atoms with van der Waals surface area (Å²) in [6.45, 7) is 0.464. The molecule has 1 aliphatic heterocycles. The molecule has 0 bridgehead atoms. The van der Waals surface area contributed by atoms with E-state index in [2.05, 4.69) is 4.74 Å². The van der Waals surface area contributed by atoms with Gasteiger partial charge in [-0.15, -0.1) is 0 Å². The van der Waals surface area contributed by atoms with Crippen LogP contribution in [0.25, 0.3) is 0 Å². The molecule has 154 valence electrons. The van der Waals surface area contributed by atoms with E-state index in [1.54, 1.807) is 0 Å². The van der Waals surface area contributed by atoms with Crippen molar-refractivity contribution in [3.8, 4) is 0 Å². The highest BCUT2D eigenvalue weighted by molar-refractivity contribution is 5.80. The van der Waals surface area contributed by atoms with Gasteiger partial charge in [-0.05, 0) is 19.8 Å². The lowest BCUT2D eigenvalue weighted by atomic mass is 9.87. The van der Waals surface area contributed by atoms with E-state index in [1.165, 1.54) is 6.92 Å². The van der Waals surface area contributed by atoms with Crippen molar-refractivity contribution in [2.75, 3.05) is 6.61 Å². The monoisotopic (exact) mass is 385 g/mol. The Bertz CT molecular complexity index is 466. The lowest BCUT2D eigenvalue weighted by Crippen LogP contribution is -2.71. The average Bonchev–Trinajstić information content (AvgIpc) is 2.58. The number of nitrogens with two attached hydrogens (primary N) is 1. The Morgan fingerprint density at radius 2 is 1.77 bits per heavy atom. The van der Waals surface area contributed by atoms with Gasteiger partial charge in [0.25, 0.3) is 5.79 Å². The van der Waals surface area contributed by atoms with Crippen LogP contribution in [0.15, 0.2) is 0 Å². The summed E-state index contributed by atoms with van der Waals surface area (Å²) in [5.41, 5.74) is 5.57. The van der Waals surface area contributed by atoms with Crippen molar-refractivity contribution in [1.82, 2.24) is 0 Å². The number of aliphatic hydroxyl groups excluding tert-OH is 4. The normalized spacial score (nSPS) is 33.9. The highest BCUT2D eigenvalue weighted by Crippen LogP contribution is 2.42. The third-order valence-corrected chi connectivity index (χ3v) is 4.77. The average molecular weight is 385 g/mol. The number of aliphatic hydroxyl groups is 5. The predicted molar refractivity (Wildman–Crippen MR) is 86.2 cm³/mol. The standard InChI is InChI=1S/C16H29F2NO7/c1-9(21)10(19)6-4-2-3-5-7-15(17,18)16(25)14(24)13(23)12(22)11(8-20)26-16/h10-14,20,22-25H,2-8,19H2,1H3/t10-,11+,12-,13-,14+,16?/m0/s1. The molecule has 10 heteroatoms. The number of hydrogen-bond donors (Lipinski definition) is 6. The lowest BCUT2D eigenvalue weighted by Gasteiger charge is -2.48. The number of ketones is 1. The second-order valence-electron chi connectivity index (χ2n) is 6.84. The number of alkyl halides is 2. The zero-order valence-corrected chi connectivity index (χ0v) is 14.7. The van der Waals surface area contributed by atoms with Crippen LogP contribution in [0.1, 0.15) is 45.4 Å².